The van der Waals surface area contributed by atoms with Crippen LogP contribution in [-0.2, 0) is 18.4 Å². The van der Waals surface area contributed by atoms with Crippen molar-refractivity contribution in [2.24, 2.45) is 5.73 Å². The summed E-state index contributed by atoms with van der Waals surface area (Å²) in [5.74, 6) is -0.212. The molecule has 1 amide bonds. The number of phosphoric ester groups is 1. The number of unbranched alkanes of at least 4 members (excludes halogenated alkanes) is 27. The minimum absolute atomic E-state index is 0.0727. The predicted octanol–water partition coefficient (Wildman–Crippen LogP) is 13.1. The quantitative estimate of drug-likeness (QED) is 0.0274. The van der Waals surface area contributed by atoms with Gasteiger partial charge in [0.05, 0.1) is 25.4 Å². The number of carbonyl (C=O) groups excluding carboxylic acids is 1. The third-order valence-electron chi connectivity index (χ3n) is 10.2. The number of aliphatic hydroxyl groups excluding tert-OH is 1. The zero-order valence-corrected chi connectivity index (χ0v) is 36.8. The van der Waals surface area contributed by atoms with Gasteiger partial charge in [0.15, 0.2) is 0 Å². The molecule has 0 aromatic rings. The van der Waals surface area contributed by atoms with Crippen LogP contribution in [0.4, 0.5) is 0 Å². The van der Waals surface area contributed by atoms with Gasteiger partial charge in [-0.1, -0.05) is 192 Å². The molecule has 0 fully saturated rings. The number of allylic oxidation sites excluding steroid dienone is 5. The maximum Gasteiger partial charge on any atom is 0.472 e. The molecule has 0 rings (SSSR count). The average Bonchev–Trinajstić information content (AvgIpc) is 3.17. The number of aliphatic hydroxyl groups is 1. The second kappa shape index (κ2) is 42.3. The van der Waals surface area contributed by atoms with Gasteiger partial charge in [0.2, 0.25) is 5.91 Å². The molecule has 324 valence electrons. The molecule has 0 spiro atoms. The first kappa shape index (κ1) is 53.7. The van der Waals surface area contributed by atoms with Crippen LogP contribution in [0.5, 0.6) is 0 Å². The van der Waals surface area contributed by atoms with E-state index in [0.717, 1.165) is 51.4 Å². The van der Waals surface area contributed by atoms with E-state index in [-0.39, 0.29) is 25.7 Å². The van der Waals surface area contributed by atoms with E-state index in [1.54, 1.807) is 6.08 Å². The summed E-state index contributed by atoms with van der Waals surface area (Å²) in [6.45, 7) is 4.11. The Kier molecular flexibility index (Phi) is 41.3. The first-order chi connectivity index (χ1) is 26.9. The molecule has 0 aromatic heterocycles. The summed E-state index contributed by atoms with van der Waals surface area (Å²) in [7, 11) is -4.35. The number of hydrogen-bond donors (Lipinski definition) is 4. The lowest BCUT2D eigenvalue weighted by molar-refractivity contribution is -0.123. The van der Waals surface area contributed by atoms with Gasteiger partial charge in [-0.05, 0) is 57.8 Å². The van der Waals surface area contributed by atoms with E-state index in [1.807, 2.05) is 6.08 Å². The summed E-state index contributed by atoms with van der Waals surface area (Å²) in [6.07, 6.45) is 50.6. The standard InChI is InChI=1S/C46H89N2O6P/c1-3-5-7-9-11-13-15-17-19-20-21-22-23-24-26-27-29-31-33-35-37-39-45(49)44(43-54-55(51,52)53-42-41-47)48-46(50)40-38-36-34-32-30-28-25-18-16-14-12-10-8-6-4-2/h18,25,29,31,37,39,44-45,49H,3-17,19-24,26-28,30,32-36,38,40-43,47H2,1-2H3,(H,48,50)(H,51,52)/b25-18-,31-29+,39-37+. The summed E-state index contributed by atoms with van der Waals surface area (Å²) < 4.78 is 22.1. The van der Waals surface area contributed by atoms with Crippen molar-refractivity contribution in [1.29, 1.82) is 0 Å². The highest BCUT2D eigenvalue weighted by Crippen LogP contribution is 2.43. The van der Waals surface area contributed by atoms with E-state index < -0.39 is 20.0 Å². The minimum atomic E-state index is -4.35. The van der Waals surface area contributed by atoms with Gasteiger partial charge in [0, 0.05) is 13.0 Å². The number of phosphoric acid groups is 1. The van der Waals surface area contributed by atoms with Crippen LogP contribution in [0, 0.1) is 0 Å². The van der Waals surface area contributed by atoms with Crippen LogP contribution < -0.4 is 11.1 Å². The molecule has 3 atom stereocenters. The zero-order chi connectivity index (χ0) is 40.3. The fraction of sp³-hybridized carbons (Fsp3) is 0.848. The summed E-state index contributed by atoms with van der Waals surface area (Å²) in [5.41, 5.74) is 5.37. The largest absolute Gasteiger partial charge is 0.472 e. The predicted molar refractivity (Wildman–Crippen MR) is 235 cm³/mol. The maximum absolute atomic E-state index is 12.8. The number of rotatable bonds is 43. The number of nitrogens with two attached hydrogens (primary N) is 1. The third-order valence-corrected chi connectivity index (χ3v) is 11.2. The van der Waals surface area contributed by atoms with Crippen molar-refractivity contribution in [3.8, 4) is 0 Å². The van der Waals surface area contributed by atoms with E-state index in [2.05, 4.69) is 43.5 Å². The van der Waals surface area contributed by atoms with Crippen LogP contribution in [0.3, 0.4) is 0 Å². The molecule has 5 N–H and O–H groups in total. The van der Waals surface area contributed by atoms with E-state index in [4.69, 9.17) is 14.8 Å². The monoisotopic (exact) mass is 797 g/mol. The minimum Gasteiger partial charge on any atom is -0.387 e. The van der Waals surface area contributed by atoms with Crippen molar-refractivity contribution in [3.63, 3.8) is 0 Å². The Labute approximate surface area is 340 Å². The molecule has 0 heterocycles. The summed E-state index contributed by atoms with van der Waals surface area (Å²) in [6, 6.07) is -0.880. The van der Waals surface area contributed by atoms with Gasteiger partial charge in [0.1, 0.15) is 0 Å². The summed E-state index contributed by atoms with van der Waals surface area (Å²) in [5, 5.41) is 13.7. The molecule has 0 radical (unpaired) electrons. The SMILES string of the molecule is CCCCCCCC/C=C\CCCCCCCC(=O)NC(COP(=O)(O)OCCN)C(O)/C=C/CC/C=C/CCCCCCCCCCCCCCCCC. The first-order valence-electron chi connectivity index (χ1n) is 23.1. The van der Waals surface area contributed by atoms with Crippen molar-refractivity contribution >= 4 is 13.7 Å². The lowest BCUT2D eigenvalue weighted by Crippen LogP contribution is -2.45. The Bertz CT molecular complexity index is 959. The Morgan fingerprint density at radius 1 is 0.582 bits per heavy atom. The highest BCUT2D eigenvalue weighted by atomic mass is 31.2. The Morgan fingerprint density at radius 3 is 1.40 bits per heavy atom. The van der Waals surface area contributed by atoms with Crippen LogP contribution >= 0.6 is 7.82 Å². The van der Waals surface area contributed by atoms with E-state index in [9.17, 15) is 19.4 Å². The van der Waals surface area contributed by atoms with E-state index in [1.165, 1.54) is 148 Å². The number of amides is 1. The molecule has 8 nitrogen and oxygen atoms in total. The van der Waals surface area contributed by atoms with Crippen molar-refractivity contribution in [3.05, 3.63) is 36.5 Å². The lowest BCUT2D eigenvalue weighted by Gasteiger charge is -2.23. The number of nitrogens with one attached hydrogen (secondary N) is 1. The third kappa shape index (κ3) is 40.7. The smallest absolute Gasteiger partial charge is 0.387 e. The number of hydrogen-bond acceptors (Lipinski definition) is 6. The molecule has 0 saturated carbocycles. The van der Waals surface area contributed by atoms with Crippen molar-refractivity contribution < 1.29 is 28.4 Å². The molecule has 9 heteroatoms. The average molecular weight is 797 g/mol. The van der Waals surface area contributed by atoms with E-state index >= 15 is 0 Å². The van der Waals surface area contributed by atoms with Crippen molar-refractivity contribution in [2.75, 3.05) is 19.8 Å². The zero-order valence-electron chi connectivity index (χ0n) is 35.9. The molecule has 0 bridgehead atoms. The van der Waals surface area contributed by atoms with Crippen LogP contribution in [0.25, 0.3) is 0 Å². The molecular weight excluding hydrogens is 707 g/mol. The van der Waals surface area contributed by atoms with Gasteiger partial charge in [-0.15, -0.1) is 0 Å². The molecule has 3 unspecified atom stereocenters. The summed E-state index contributed by atoms with van der Waals surface area (Å²) in [4.78, 5) is 22.7. The van der Waals surface area contributed by atoms with Crippen LogP contribution in [0.2, 0.25) is 0 Å². The molecule has 0 saturated heterocycles. The van der Waals surface area contributed by atoms with Crippen molar-refractivity contribution in [2.45, 2.75) is 231 Å². The highest BCUT2D eigenvalue weighted by molar-refractivity contribution is 7.47. The second-order valence-corrected chi connectivity index (χ2v) is 17.1. The van der Waals surface area contributed by atoms with Crippen LogP contribution in [0.15, 0.2) is 36.5 Å². The van der Waals surface area contributed by atoms with Gasteiger partial charge >= 0.3 is 7.82 Å². The Hall–Kier alpha value is -1.28. The molecule has 0 aliphatic carbocycles. The molecule has 0 aromatic carbocycles. The normalized spacial score (nSPS) is 14.3. The molecular formula is C46H89N2O6P. The fourth-order valence-corrected chi connectivity index (χ4v) is 7.43. The van der Waals surface area contributed by atoms with Gasteiger partial charge in [0.25, 0.3) is 0 Å². The molecule has 0 aliphatic rings. The van der Waals surface area contributed by atoms with Gasteiger partial charge in [-0.3, -0.25) is 13.8 Å². The van der Waals surface area contributed by atoms with Gasteiger partial charge < -0.3 is 21.1 Å². The number of carbonyl (C=O) groups is 1. The maximum atomic E-state index is 12.8. The first-order valence-corrected chi connectivity index (χ1v) is 24.6. The lowest BCUT2D eigenvalue weighted by atomic mass is 10.0. The van der Waals surface area contributed by atoms with Crippen LogP contribution in [0.1, 0.15) is 219 Å². The highest BCUT2D eigenvalue weighted by Gasteiger charge is 2.26. The fourth-order valence-electron chi connectivity index (χ4n) is 6.67. The van der Waals surface area contributed by atoms with Crippen LogP contribution in [-0.4, -0.2) is 47.8 Å². The second-order valence-electron chi connectivity index (χ2n) is 15.6. The van der Waals surface area contributed by atoms with E-state index in [0.29, 0.717) is 6.42 Å². The topological polar surface area (TPSA) is 131 Å². The Morgan fingerprint density at radius 2 is 0.964 bits per heavy atom. The van der Waals surface area contributed by atoms with Gasteiger partial charge in [-0.25, -0.2) is 4.57 Å². The molecule has 0 aliphatic heterocycles. The molecule has 55 heavy (non-hydrogen) atoms. The van der Waals surface area contributed by atoms with Gasteiger partial charge in [-0.2, -0.15) is 0 Å². The van der Waals surface area contributed by atoms with Crippen molar-refractivity contribution in [1.82, 2.24) is 5.32 Å². The Balaban J connectivity index is 4.22. The summed E-state index contributed by atoms with van der Waals surface area (Å²) >= 11 is 0.